The lowest BCUT2D eigenvalue weighted by Gasteiger charge is -2.11. The predicted molar refractivity (Wildman–Crippen MR) is 92.8 cm³/mol. The minimum atomic E-state index is -0.257. The second kappa shape index (κ2) is 7.00. The molecule has 5 nitrogen and oxygen atoms in total. The third kappa shape index (κ3) is 3.64. The number of rotatable bonds is 5. The van der Waals surface area contributed by atoms with E-state index < -0.39 is 0 Å². The monoisotopic (exact) mass is 332 g/mol. The van der Waals surface area contributed by atoms with E-state index >= 15 is 0 Å². The van der Waals surface area contributed by atoms with E-state index in [9.17, 15) is 14.4 Å². The largest absolute Gasteiger partial charge is 0.326 e. The van der Waals surface area contributed by atoms with Crippen molar-refractivity contribution in [2.45, 2.75) is 32.9 Å². The van der Waals surface area contributed by atoms with Gasteiger partial charge < -0.3 is 5.32 Å². The summed E-state index contributed by atoms with van der Waals surface area (Å²) in [5.74, 6) is -0.637. The van der Waals surface area contributed by atoms with E-state index in [0.29, 0.717) is 28.3 Å². The molecule has 0 saturated heterocycles. The van der Waals surface area contributed by atoms with Crippen LogP contribution < -0.4 is 5.32 Å². The molecular weight excluding hydrogens is 312 g/mol. The van der Waals surface area contributed by atoms with Crippen LogP contribution in [0.3, 0.4) is 0 Å². The summed E-state index contributed by atoms with van der Waals surface area (Å²) in [4.78, 5) is 37.9. The lowest BCUT2D eigenvalue weighted by Crippen LogP contribution is -2.31. The number of carbonyl (C=O) groups excluding carboxylic acids is 3. The number of hydrogen-bond acceptors (Lipinski definition) is 4. The quantitative estimate of drug-likeness (QED) is 0.842. The highest BCUT2D eigenvalue weighted by molar-refractivity contribution is 8.04. The van der Waals surface area contributed by atoms with Gasteiger partial charge in [0.2, 0.25) is 5.91 Å². The van der Waals surface area contributed by atoms with Gasteiger partial charge in [0.25, 0.3) is 11.8 Å². The van der Waals surface area contributed by atoms with Gasteiger partial charge in [0.1, 0.15) is 0 Å². The van der Waals surface area contributed by atoms with Gasteiger partial charge in [-0.1, -0.05) is 26.0 Å². The summed E-state index contributed by atoms with van der Waals surface area (Å²) in [6.45, 7) is 7.55. The number of amides is 3. The Morgan fingerprint density at radius 3 is 2.26 bits per heavy atom. The van der Waals surface area contributed by atoms with E-state index in [4.69, 9.17) is 0 Å². The minimum absolute atomic E-state index is 0.155. The molecule has 1 N–H and O–H groups in total. The Morgan fingerprint density at radius 2 is 1.78 bits per heavy atom. The average Bonchev–Trinajstić information content (AvgIpc) is 2.70. The van der Waals surface area contributed by atoms with Crippen LogP contribution in [0.2, 0.25) is 0 Å². The van der Waals surface area contributed by atoms with Gasteiger partial charge in [-0.25, -0.2) is 0 Å². The van der Waals surface area contributed by atoms with Crippen LogP contribution in [-0.4, -0.2) is 34.4 Å². The summed E-state index contributed by atoms with van der Waals surface area (Å²) in [5.41, 5.74) is 1.80. The molecule has 0 radical (unpaired) electrons. The highest BCUT2D eigenvalue weighted by Crippen LogP contribution is 2.37. The fourth-order valence-corrected chi connectivity index (χ4v) is 3.37. The second-order valence-electron chi connectivity index (χ2n) is 5.48. The van der Waals surface area contributed by atoms with E-state index in [1.807, 2.05) is 13.8 Å². The molecular formula is C17H20N2O3S. The van der Waals surface area contributed by atoms with Gasteiger partial charge in [0, 0.05) is 24.4 Å². The summed E-state index contributed by atoms with van der Waals surface area (Å²) >= 11 is 1.41. The van der Waals surface area contributed by atoms with Gasteiger partial charge in [-0.05, 0) is 24.6 Å². The van der Waals surface area contributed by atoms with Crippen LogP contribution in [-0.2, 0) is 14.4 Å². The van der Waals surface area contributed by atoms with Crippen molar-refractivity contribution in [2.24, 2.45) is 0 Å². The fourth-order valence-electron chi connectivity index (χ4n) is 2.36. The van der Waals surface area contributed by atoms with Crippen LogP contribution in [0.25, 0.3) is 5.57 Å². The molecule has 1 aliphatic rings. The number of anilines is 1. The van der Waals surface area contributed by atoms with Crippen LogP contribution in [0.1, 0.15) is 33.3 Å². The van der Waals surface area contributed by atoms with Crippen LogP contribution in [0.15, 0.2) is 29.2 Å². The van der Waals surface area contributed by atoms with E-state index in [2.05, 4.69) is 5.32 Å². The van der Waals surface area contributed by atoms with Gasteiger partial charge in [-0.3, -0.25) is 19.3 Å². The molecule has 6 heteroatoms. The van der Waals surface area contributed by atoms with E-state index in [-0.39, 0.29) is 23.0 Å². The van der Waals surface area contributed by atoms with Gasteiger partial charge in [0.05, 0.1) is 10.5 Å². The van der Waals surface area contributed by atoms with E-state index in [1.165, 1.54) is 23.6 Å². The molecule has 0 spiro atoms. The Balaban J connectivity index is 2.43. The van der Waals surface area contributed by atoms with Crippen molar-refractivity contribution in [3.8, 4) is 0 Å². The van der Waals surface area contributed by atoms with E-state index in [0.717, 1.165) is 0 Å². The second-order valence-corrected chi connectivity index (χ2v) is 7.07. The number of imide groups is 1. The molecule has 0 bridgehead atoms. The van der Waals surface area contributed by atoms with Gasteiger partial charge in [-0.15, -0.1) is 11.8 Å². The van der Waals surface area contributed by atoms with Gasteiger partial charge in [-0.2, -0.15) is 0 Å². The topological polar surface area (TPSA) is 66.5 Å². The molecule has 0 aromatic heterocycles. The maximum absolute atomic E-state index is 12.6. The normalized spacial score (nSPS) is 14.9. The molecule has 23 heavy (non-hydrogen) atoms. The first-order valence-electron chi connectivity index (χ1n) is 7.50. The molecule has 0 aliphatic carbocycles. The maximum Gasteiger partial charge on any atom is 0.267 e. The molecule has 2 rings (SSSR count). The summed E-state index contributed by atoms with van der Waals surface area (Å²) in [5, 5.41) is 2.88. The number of thioether (sulfide) groups is 1. The van der Waals surface area contributed by atoms with Crippen LogP contribution in [0.4, 0.5) is 5.69 Å². The van der Waals surface area contributed by atoms with Gasteiger partial charge >= 0.3 is 0 Å². The first-order valence-corrected chi connectivity index (χ1v) is 8.38. The van der Waals surface area contributed by atoms with Crippen molar-refractivity contribution in [1.29, 1.82) is 0 Å². The number of carbonyl (C=O) groups is 3. The number of likely N-dealkylation sites (N-methyl/N-ethyl adjacent to an activating group) is 1. The van der Waals surface area contributed by atoms with Crippen LogP contribution in [0.5, 0.6) is 0 Å². The Morgan fingerprint density at radius 1 is 1.17 bits per heavy atom. The Labute approximate surface area is 140 Å². The SMILES string of the molecule is CCN1C(=O)C(SC(C)C)=C(c2ccc(NC(C)=O)cc2)C1=O. The fraction of sp³-hybridized carbons (Fsp3) is 0.353. The molecule has 0 fully saturated rings. The summed E-state index contributed by atoms with van der Waals surface area (Å²) < 4.78 is 0. The third-order valence-electron chi connectivity index (χ3n) is 3.29. The molecule has 0 saturated carbocycles. The van der Waals surface area contributed by atoms with Crippen molar-refractivity contribution in [3.05, 3.63) is 34.7 Å². The molecule has 1 aliphatic heterocycles. The molecule has 3 amide bonds. The van der Waals surface area contributed by atoms with Crippen molar-refractivity contribution < 1.29 is 14.4 Å². The minimum Gasteiger partial charge on any atom is -0.326 e. The zero-order chi connectivity index (χ0) is 17.1. The van der Waals surface area contributed by atoms with Crippen LogP contribution in [0, 0.1) is 0 Å². The zero-order valence-corrected chi connectivity index (χ0v) is 14.5. The first-order chi connectivity index (χ1) is 10.8. The molecule has 1 heterocycles. The molecule has 0 unspecified atom stereocenters. The summed E-state index contributed by atoms with van der Waals surface area (Å²) in [6, 6.07) is 6.97. The smallest absolute Gasteiger partial charge is 0.267 e. The number of hydrogen-bond donors (Lipinski definition) is 1. The standard InChI is InChI=1S/C17H20N2O3S/c1-5-19-16(21)14(15(17(19)22)23-10(2)3)12-6-8-13(9-7-12)18-11(4)20/h6-10H,5H2,1-4H3,(H,18,20). The highest BCUT2D eigenvalue weighted by Gasteiger charge is 2.38. The molecule has 1 aromatic rings. The van der Waals surface area contributed by atoms with Crippen LogP contribution >= 0.6 is 11.8 Å². The Hall–Kier alpha value is -2.08. The Kier molecular flexibility index (Phi) is 5.26. The summed E-state index contributed by atoms with van der Waals surface area (Å²) in [7, 11) is 0. The molecule has 122 valence electrons. The highest BCUT2D eigenvalue weighted by atomic mass is 32.2. The Bertz CT molecular complexity index is 678. The van der Waals surface area contributed by atoms with Crippen molar-refractivity contribution in [3.63, 3.8) is 0 Å². The summed E-state index contributed by atoms with van der Waals surface area (Å²) in [6.07, 6.45) is 0. The van der Waals surface area contributed by atoms with Gasteiger partial charge in [0.15, 0.2) is 0 Å². The number of nitrogens with one attached hydrogen (secondary N) is 1. The first kappa shape index (κ1) is 17.3. The van der Waals surface area contributed by atoms with Crippen molar-refractivity contribution in [2.75, 3.05) is 11.9 Å². The third-order valence-corrected chi connectivity index (χ3v) is 4.38. The predicted octanol–water partition coefficient (Wildman–Crippen LogP) is 2.89. The molecule has 1 aromatic carbocycles. The van der Waals surface area contributed by atoms with E-state index in [1.54, 1.807) is 31.2 Å². The maximum atomic E-state index is 12.6. The number of nitrogens with zero attached hydrogens (tertiary/aromatic N) is 1. The van der Waals surface area contributed by atoms with Crippen molar-refractivity contribution in [1.82, 2.24) is 4.90 Å². The lowest BCUT2D eigenvalue weighted by molar-refractivity contribution is -0.136. The average molecular weight is 332 g/mol. The lowest BCUT2D eigenvalue weighted by atomic mass is 10.1. The number of benzene rings is 1. The molecule has 0 atom stereocenters. The zero-order valence-electron chi connectivity index (χ0n) is 13.7. The van der Waals surface area contributed by atoms with Crippen molar-refractivity contribution >= 4 is 40.7 Å².